The van der Waals surface area contributed by atoms with Crippen LogP contribution in [0.2, 0.25) is 0 Å². The Hall–Kier alpha value is -1.36. The third-order valence-electron chi connectivity index (χ3n) is 3.76. The maximum Gasteiger partial charge on any atom is 0.251 e. The molecule has 0 aromatic heterocycles. The molecule has 20 heavy (non-hydrogen) atoms. The van der Waals surface area contributed by atoms with Crippen LogP contribution in [0.3, 0.4) is 0 Å². The smallest absolute Gasteiger partial charge is 0.251 e. The summed E-state index contributed by atoms with van der Waals surface area (Å²) in [6, 6.07) is 7.23. The second kappa shape index (κ2) is 6.88. The van der Waals surface area contributed by atoms with Crippen molar-refractivity contribution in [1.29, 1.82) is 0 Å². The highest BCUT2D eigenvalue weighted by Gasteiger charge is 2.24. The van der Waals surface area contributed by atoms with Crippen LogP contribution >= 0.6 is 15.9 Å². The lowest BCUT2D eigenvalue weighted by molar-refractivity contribution is -0.121. The Labute approximate surface area is 127 Å². The number of nitrogens with one attached hydrogen (secondary N) is 2. The molecule has 2 rings (SSSR count). The first-order valence-electron chi connectivity index (χ1n) is 6.89. The lowest BCUT2D eigenvalue weighted by Crippen LogP contribution is -2.45. The van der Waals surface area contributed by atoms with Crippen molar-refractivity contribution in [3.8, 4) is 0 Å². The molecular formula is C15H19BrN2O2. The molecule has 1 aromatic rings. The lowest BCUT2D eigenvalue weighted by Gasteiger charge is -2.31. The molecule has 4 nitrogen and oxygen atoms in total. The molecule has 108 valence electrons. The molecule has 0 saturated heterocycles. The topological polar surface area (TPSA) is 58.2 Å². The van der Waals surface area contributed by atoms with Gasteiger partial charge in [0.15, 0.2) is 0 Å². The summed E-state index contributed by atoms with van der Waals surface area (Å²) < 4.78 is 0.918. The summed E-state index contributed by atoms with van der Waals surface area (Å²) >= 11 is 3.31. The van der Waals surface area contributed by atoms with Crippen molar-refractivity contribution in [3.05, 3.63) is 34.3 Å². The van der Waals surface area contributed by atoms with Crippen molar-refractivity contribution in [2.75, 3.05) is 6.54 Å². The summed E-state index contributed by atoms with van der Waals surface area (Å²) in [6.07, 6.45) is 3.63. The van der Waals surface area contributed by atoms with Crippen LogP contribution in [0.4, 0.5) is 0 Å². The first-order chi connectivity index (χ1) is 9.56. The van der Waals surface area contributed by atoms with Crippen LogP contribution in [0.25, 0.3) is 0 Å². The Kier molecular flexibility index (Phi) is 5.17. The zero-order chi connectivity index (χ0) is 14.5. The van der Waals surface area contributed by atoms with E-state index in [1.165, 1.54) is 19.3 Å². The Morgan fingerprint density at radius 3 is 2.50 bits per heavy atom. The van der Waals surface area contributed by atoms with E-state index in [2.05, 4.69) is 26.6 Å². The van der Waals surface area contributed by atoms with Gasteiger partial charge in [0, 0.05) is 16.1 Å². The molecule has 2 N–H and O–H groups in total. The van der Waals surface area contributed by atoms with E-state index < -0.39 is 0 Å². The zero-order valence-corrected chi connectivity index (χ0v) is 13.1. The van der Waals surface area contributed by atoms with E-state index in [-0.39, 0.29) is 24.4 Å². The fourth-order valence-corrected chi connectivity index (χ4v) is 2.49. The predicted octanol–water partition coefficient (Wildman–Crippen LogP) is 2.48. The van der Waals surface area contributed by atoms with Crippen molar-refractivity contribution in [1.82, 2.24) is 10.6 Å². The maximum atomic E-state index is 11.8. The zero-order valence-electron chi connectivity index (χ0n) is 11.5. The van der Waals surface area contributed by atoms with Gasteiger partial charge in [-0.05, 0) is 49.9 Å². The monoisotopic (exact) mass is 338 g/mol. The number of carbonyl (C=O) groups excluding carboxylic acids is 2. The second-order valence-electron chi connectivity index (χ2n) is 5.24. The molecule has 5 heteroatoms. The molecule has 0 radical (unpaired) electrons. The predicted molar refractivity (Wildman–Crippen MR) is 81.4 cm³/mol. The normalized spacial score (nSPS) is 16.1. The van der Waals surface area contributed by atoms with E-state index in [0.717, 1.165) is 4.47 Å². The van der Waals surface area contributed by atoms with Gasteiger partial charge in [0.2, 0.25) is 5.91 Å². The van der Waals surface area contributed by atoms with Gasteiger partial charge in [0.05, 0.1) is 6.54 Å². The first-order valence-corrected chi connectivity index (χ1v) is 7.68. The molecule has 0 bridgehead atoms. The summed E-state index contributed by atoms with van der Waals surface area (Å²) in [6.45, 7) is 2.05. The molecule has 1 aliphatic rings. The van der Waals surface area contributed by atoms with Crippen molar-refractivity contribution >= 4 is 27.7 Å². The van der Waals surface area contributed by atoms with Gasteiger partial charge < -0.3 is 10.6 Å². The number of halogens is 1. The van der Waals surface area contributed by atoms with Gasteiger partial charge >= 0.3 is 0 Å². The third-order valence-corrected chi connectivity index (χ3v) is 4.29. The minimum atomic E-state index is -0.232. The van der Waals surface area contributed by atoms with E-state index >= 15 is 0 Å². The van der Waals surface area contributed by atoms with Gasteiger partial charge in [-0.15, -0.1) is 0 Å². The largest absolute Gasteiger partial charge is 0.352 e. The van der Waals surface area contributed by atoms with Gasteiger partial charge in [0.25, 0.3) is 5.91 Å². The number of amides is 2. The lowest BCUT2D eigenvalue weighted by atomic mass is 9.80. The van der Waals surface area contributed by atoms with Crippen LogP contribution in [0.5, 0.6) is 0 Å². The minimum absolute atomic E-state index is 0.0198. The van der Waals surface area contributed by atoms with Crippen molar-refractivity contribution in [2.45, 2.75) is 32.2 Å². The molecule has 0 aliphatic heterocycles. The number of hydrogen-bond acceptors (Lipinski definition) is 2. The van der Waals surface area contributed by atoms with Gasteiger partial charge in [-0.2, -0.15) is 0 Å². The molecule has 1 atom stereocenters. The fourth-order valence-electron chi connectivity index (χ4n) is 2.23. The summed E-state index contributed by atoms with van der Waals surface area (Å²) in [5.74, 6) is 0.236. The molecule has 1 aromatic carbocycles. The molecular weight excluding hydrogens is 320 g/mol. The average Bonchev–Trinajstić information content (AvgIpc) is 2.34. The first kappa shape index (κ1) is 15.0. The van der Waals surface area contributed by atoms with Crippen LogP contribution < -0.4 is 10.6 Å². The van der Waals surface area contributed by atoms with E-state index in [0.29, 0.717) is 11.5 Å². The summed E-state index contributed by atoms with van der Waals surface area (Å²) in [4.78, 5) is 23.6. The SMILES string of the molecule is C[C@@H](NC(=O)CNC(=O)c1ccc(Br)cc1)C1CCC1. The Bertz CT molecular complexity index is 483. The number of hydrogen-bond donors (Lipinski definition) is 2. The quantitative estimate of drug-likeness (QED) is 0.866. The molecule has 0 unspecified atom stereocenters. The Morgan fingerprint density at radius 2 is 1.95 bits per heavy atom. The summed E-state index contributed by atoms with van der Waals surface area (Å²) in [5, 5.41) is 5.57. The van der Waals surface area contributed by atoms with Gasteiger partial charge in [0.1, 0.15) is 0 Å². The molecule has 1 aliphatic carbocycles. The highest BCUT2D eigenvalue weighted by Crippen LogP contribution is 2.29. The van der Waals surface area contributed by atoms with Crippen LogP contribution in [0.15, 0.2) is 28.7 Å². The highest BCUT2D eigenvalue weighted by molar-refractivity contribution is 9.10. The van der Waals surface area contributed by atoms with Crippen LogP contribution in [0.1, 0.15) is 36.5 Å². The van der Waals surface area contributed by atoms with Crippen molar-refractivity contribution in [3.63, 3.8) is 0 Å². The number of benzene rings is 1. The number of carbonyl (C=O) groups is 2. The molecule has 2 amide bonds. The number of rotatable bonds is 5. The van der Waals surface area contributed by atoms with E-state index in [9.17, 15) is 9.59 Å². The third kappa shape index (κ3) is 4.07. The van der Waals surface area contributed by atoms with Crippen LogP contribution in [-0.4, -0.2) is 24.4 Å². The molecule has 0 heterocycles. The van der Waals surface area contributed by atoms with E-state index in [1.807, 2.05) is 6.92 Å². The van der Waals surface area contributed by atoms with E-state index in [1.54, 1.807) is 24.3 Å². The fraction of sp³-hybridized carbons (Fsp3) is 0.467. The van der Waals surface area contributed by atoms with Crippen molar-refractivity contribution < 1.29 is 9.59 Å². The Balaban J connectivity index is 1.75. The van der Waals surface area contributed by atoms with Crippen LogP contribution in [0, 0.1) is 5.92 Å². The summed E-state index contributed by atoms with van der Waals surface area (Å²) in [5.41, 5.74) is 0.549. The van der Waals surface area contributed by atoms with Gasteiger partial charge in [-0.1, -0.05) is 22.4 Å². The van der Waals surface area contributed by atoms with Gasteiger partial charge in [-0.3, -0.25) is 9.59 Å². The molecule has 0 spiro atoms. The Morgan fingerprint density at radius 1 is 1.30 bits per heavy atom. The van der Waals surface area contributed by atoms with Gasteiger partial charge in [-0.25, -0.2) is 0 Å². The highest BCUT2D eigenvalue weighted by atomic mass is 79.9. The average molecular weight is 339 g/mol. The standard InChI is InChI=1S/C15H19BrN2O2/c1-10(11-3-2-4-11)18-14(19)9-17-15(20)12-5-7-13(16)8-6-12/h5-8,10-11H,2-4,9H2,1H3,(H,17,20)(H,18,19)/t10-/m1/s1. The van der Waals surface area contributed by atoms with Crippen LogP contribution in [-0.2, 0) is 4.79 Å². The summed E-state index contributed by atoms with van der Waals surface area (Å²) in [7, 11) is 0. The molecule has 1 saturated carbocycles. The van der Waals surface area contributed by atoms with E-state index in [4.69, 9.17) is 0 Å². The maximum absolute atomic E-state index is 11.8. The minimum Gasteiger partial charge on any atom is -0.352 e. The van der Waals surface area contributed by atoms with Crippen molar-refractivity contribution in [2.24, 2.45) is 5.92 Å². The molecule has 1 fully saturated rings. The second-order valence-corrected chi connectivity index (χ2v) is 6.15.